The Morgan fingerprint density at radius 2 is 1.58 bits per heavy atom. The second kappa shape index (κ2) is 7.47. The van der Waals surface area contributed by atoms with Gasteiger partial charge in [0.15, 0.2) is 5.43 Å². The number of amides is 1. The SMILES string of the molecule is O=C1c2oc3ccc(F)cc3c(=O)c2[C@H](c2ccc(F)cc2)N1CCc1ccccc1. The van der Waals surface area contributed by atoms with Crippen molar-refractivity contribution in [3.8, 4) is 0 Å². The quantitative estimate of drug-likeness (QED) is 0.477. The molecule has 1 atom stereocenters. The summed E-state index contributed by atoms with van der Waals surface area (Å²) >= 11 is 0. The summed E-state index contributed by atoms with van der Waals surface area (Å²) in [5, 5.41) is 0.0728. The zero-order valence-corrected chi connectivity index (χ0v) is 16.3. The lowest BCUT2D eigenvalue weighted by Crippen LogP contribution is -2.31. The molecule has 0 saturated heterocycles. The molecule has 0 N–H and O–H groups in total. The molecular formula is C25H17F2NO3. The van der Waals surface area contributed by atoms with E-state index in [1.807, 2.05) is 30.3 Å². The first-order valence-corrected chi connectivity index (χ1v) is 9.89. The Morgan fingerprint density at radius 1 is 0.871 bits per heavy atom. The van der Waals surface area contributed by atoms with Gasteiger partial charge in [0, 0.05) is 6.54 Å². The minimum absolute atomic E-state index is 0.0495. The maximum absolute atomic E-state index is 13.8. The standard InChI is InChI=1S/C25H17F2NO3/c26-17-8-6-16(7-9-17)22-21-23(29)19-14-18(27)10-11-20(19)31-24(21)25(30)28(22)13-12-15-4-2-1-3-5-15/h1-11,14,22H,12-13H2/t22-/m0/s1. The van der Waals surface area contributed by atoms with Gasteiger partial charge >= 0.3 is 0 Å². The molecule has 1 aliphatic heterocycles. The lowest BCUT2D eigenvalue weighted by molar-refractivity contribution is 0.0730. The van der Waals surface area contributed by atoms with Gasteiger partial charge in [0.05, 0.1) is 17.0 Å². The largest absolute Gasteiger partial charge is 0.450 e. The average molecular weight is 417 g/mol. The van der Waals surface area contributed by atoms with Gasteiger partial charge in [-0.2, -0.15) is 0 Å². The topological polar surface area (TPSA) is 50.5 Å². The van der Waals surface area contributed by atoms with Crippen molar-refractivity contribution in [1.82, 2.24) is 4.90 Å². The van der Waals surface area contributed by atoms with Crippen LogP contribution in [0.15, 0.2) is 82.0 Å². The Labute approximate surface area is 176 Å². The fraction of sp³-hybridized carbons (Fsp3) is 0.120. The van der Waals surface area contributed by atoms with Crippen LogP contribution in [-0.2, 0) is 6.42 Å². The molecule has 0 aliphatic carbocycles. The number of fused-ring (bicyclic) bond motifs is 2. The molecule has 0 spiro atoms. The van der Waals surface area contributed by atoms with Crippen LogP contribution in [0.5, 0.6) is 0 Å². The highest BCUT2D eigenvalue weighted by molar-refractivity contribution is 5.99. The van der Waals surface area contributed by atoms with Crippen molar-refractivity contribution in [1.29, 1.82) is 0 Å². The van der Waals surface area contributed by atoms with Crippen LogP contribution in [0.25, 0.3) is 11.0 Å². The second-order valence-electron chi connectivity index (χ2n) is 7.50. The molecule has 5 rings (SSSR count). The van der Waals surface area contributed by atoms with Crippen LogP contribution in [0.2, 0.25) is 0 Å². The van der Waals surface area contributed by atoms with Crippen molar-refractivity contribution >= 4 is 16.9 Å². The maximum Gasteiger partial charge on any atom is 0.290 e. The average Bonchev–Trinajstić information content (AvgIpc) is 3.06. The molecule has 31 heavy (non-hydrogen) atoms. The minimum atomic E-state index is -0.740. The smallest absolute Gasteiger partial charge is 0.290 e. The molecule has 0 unspecified atom stereocenters. The molecule has 0 saturated carbocycles. The van der Waals surface area contributed by atoms with Crippen LogP contribution in [0.3, 0.4) is 0 Å². The molecule has 3 aromatic carbocycles. The van der Waals surface area contributed by atoms with Crippen molar-refractivity contribution in [2.75, 3.05) is 6.54 Å². The summed E-state index contributed by atoms with van der Waals surface area (Å²) in [5.41, 5.74) is 1.48. The van der Waals surface area contributed by atoms with Crippen LogP contribution >= 0.6 is 0 Å². The van der Waals surface area contributed by atoms with Crippen LogP contribution in [0, 0.1) is 11.6 Å². The van der Waals surface area contributed by atoms with E-state index < -0.39 is 29.0 Å². The summed E-state index contributed by atoms with van der Waals surface area (Å²) in [7, 11) is 0. The van der Waals surface area contributed by atoms with Crippen molar-refractivity contribution in [2.45, 2.75) is 12.5 Å². The summed E-state index contributed by atoms with van der Waals surface area (Å²) in [5.74, 6) is -1.45. The zero-order valence-electron chi connectivity index (χ0n) is 16.3. The van der Waals surface area contributed by atoms with Gasteiger partial charge in [-0.3, -0.25) is 9.59 Å². The number of nitrogens with zero attached hydrogens (tertiary/aromatic N) is 1. The van der Waals surface area contributed by atoms with Crippen molar-refractivity contribution < 1.29 is 18.0 Å². The minimum Gasteiger partial charge on any atom is -0.450 e. The molecule has 6 heteroatoms. The number of carbonyl (C=O) groups is 1. The fourth-order valence-corrected chi connectivity index (χ4v) is 4.11. The highest BCUT2D eigenvalue weighted by Crippen LogP contribution is 2.38. The van der Waals surface area contributed by atoms with Gasteiger partial charge in [-0.25, -0.2) is 8.78 Å². The van der Waals surface area contributed by atoms with Gasteiger partial charge in [0.25, 0.3) is 5.91 Å². The Balaban J connectivity index is 1.66. The predicted molar refractivity (Wildman–Crippen MR) is 112 cm³/mol. The molecule has 154 valence electrons. The fourth-order valence-electron chi connectivity index (χ4n) is 4.11. The molecule has 4 nitrogen and oxygen atoms in total. The van der Waals surface area contributed by atoms with Crippen LogP contribution in [0.1, 0.15) is 33.3 Å². The number of halogens is 2. The summed E-state index contributed by atoms with van der Waals surface area (Å²) in [6.45, 7) is 0.333. The number of hydrogen-bond donors (Lipinski definition) is 0. The number of hydrogen-bond acceptors (Lipinski definition) is 3. The third-order valence-corrected chi connectivity index (χ3v) is 5.60. The third kappa shape index (κ3) is 3.30. The van der Waals surface area contributed by atoms with E-state index in [1.54, 1.807) is 17.0 Å². The summed E-state index contributed by atoms with van der Waals surface area (Å²) in [6, 6.07) is 18.2. The van der Waals surface area contributed by atoms with E-state index in [1.165, 1.54) is 24.3 Å². The van der Waals surface area contributed by atoms with E-state index in [2.05, 4.69) is 0 Å². The van der Waals surface area contributed by atoms with Crippen LogP contribution < -0.4 is 5.43 Å². The number of rotatable bonds is 4. The zero-order chi connectivity index (χ0) is 21.5. The molecule has 2 heterocycles. The Hall–Kier alpha value is -3.80. The maximum atomic E-state index is 13.8. The molecule has 0 bridgehead atoms. The number of benzene rings is 3. The lowest BCUT2D eigenvalue weighted by atomic mass is 9.98. The van der Waals surface area contributed by atoms with Crippen LogP contribution in [0.4, 0.5) is 8.78 Å². The van der Waals surface area contributed by atoms with Gasteiger partial charge in [0.1, 0.15) is 17.2 Å². The van der Waals surface area contributed by atoms with Gasteiger partial charge in [-0.05, 0) is 47.9 Å². The molecule has 4 aromatic rings. The van der Waals surface area contributed by atoms with Gasteiger partial charge in [-0.1, -0.05) is 42.5 Å². The predicted octanol–water partition coefficient (Wildman–Crippen LogP) is 4.86. The van der Waals surface area contributed by atoms with E-state index in [9.17, 15) is 18.4 Å². The Morgan fingerprint density at radius 3 is 2.32 bits per heavy atom. The summed E-state index contributed by atoms with van der Waals surface area (Å²) < 4.78 is 33.1. The van der Waals surface area contributed by atoms with E-state index in [0.29, 0.717) is 18.5 Å². The first kappa shape index (κ1) is 19.2. The van der Waals surface area contributed by atoms with Crippen LogP contribution in [-0.4, -0.2) is 17.4 Å². The van der Waals surface area contributed by atoms with Gasteiger partial charge in [-0.15, -0.1) is 0 Å². The Kier molecular flexibility index (Phi) is 4.62. The first-order valence-electron chi connectivity index (χ1n) is 9.89. The monoisotopic (exact) mass is 417 g/mol. The molecule has 0 fully saturated rings. The number of carbonyl (C=O) groups excluding carboxylic acids is 1. The summed E-state index contributed by atoms with van der Waals surface area (Å²) in [6.07, 6.45) is 0.570. The molecule has 1 aliphatic rings. The van der Waals surface area contributed by atoms with Gasteiger partial charge in [0.2, 0.25) is 5.76 Å². The van der Waals surface area contributed by atoms with E-state index in [4.69, 9.17) is 4.42 Å². The Bertz CT molecular complexity index is 1350. The van der Waals surface area contributed by atoms with E-state index in [0.717, 1.165) is 11.6 Å². The summed E-state index contributed by atoms with van der Waals surface area (Å²) in [4.78, 5) is 28.1. The van der Waals surface area contributed by atoms with Crippen molar-refractivity contribution in [3.63, 3.8) is 0 Å². The van der Waals surface area contributed by atoms with Crippen molar-refractivity contribution in [3.05, 3.63) is 117 Å². The molecule has 1 aromatic heterocycles. The molecule has 0 radical (unpaired) electrons. The van der Waals surface area contributed by atoms with Crippen molar-refractivity contribution in [2.24, 2.45) is 0 Å². The lowest BCUT2D eigenvalue weighted by Gasteiger charge is -2.25. The van der Waals surface area contributed by atoms with E-state index in [-0.39, 0.29) is 22.3 Å². The van der Waals surface area contributed by atoms with Gasteiger partial charge < -0.3 is 9.32 Å². The first-order chi connectivity index (χ1) is 15.0. The second-order valence-corrected chi connectivity index (χ2v) is 7.50. The highest BCUT2D eigenvalue weighted by atomic mass is 19.1. The molecular weight excluding hydrogens is 400 g/mol. The normalized spacial score (nSPS) is 15.5. The highest BCUT2D eigenvalue weighted by Gasteiger charge is 2.42. The third-order valence-electron chi connectivity index (χ3n) is 5.60. The molecule has 1 amide bonds. The van der Waals surface area contributed by atoms with E-state index >= 15 is 0 Å².